The van der Waals surface area contributed by atoms with E-state index >= 15 is 0 Å². The zero-order chi connectivity index (χ0) is 13.7. The lowest BCUT2D eigenvalue weighted by atomic mass is 10.1. The van der Waals surface area contributed by atoms with Crippen LogP contribution in [-0.4, -0.2) is 50.7 Å². The van der Waals surface area contributed by atoms with E-state index in [4.69, 9.17) is 9.47 Å². The van der Waals surface area contributed by atoms with Crippen molar-refractivity contribution in [3.05, 3.63) is 29.3 Å². The third-order valence-electron chi connectivity index (χ3n) is 3.71. The minimum Gasteiger partial charge on any atom is -0.490 e. The highest BCUT2D eigenvalue weighted by Gasteiger charge is 2.18. The molecular weight excluding hydrogens is 242 g/mol. The molecule has 2 rings (SSSR count). The van der Waals surface area contributed by atoms with Gasteiger partial charge in [0.15, 0.2) is 0 Å². The molecule has 1 aromatic carbocycles. The summed E-state index contributed by atoms with van der Waals surface area (Å²) in [5, 5.41) is 10.0. The average molecular weight is 266 g/mol. The number of aryl methyl sites for hydroxylation is 1. The van der Waals surface area contributed by atoms with Crippen molar-refractivity contribution < 1.29 is 19.5 Å². The van der Waals surface area contributed by atoms with Crippen molar-refractivity contribution in [1.29, 1.82) is 0 Å². The van der Waals surface area contributed by atoms with E-state index in [1.165, 1.54) is 10.5 Å². The van der Waals surface area contributed by atoms with Crippen molar-refractivity contribution in [3.8, 4) is 5.75 Å². The topological polar surface area (TPSA) is 43.1 Å². The summed E-state index contributed by atoms with van der Waals surface area (Å²) < 4.78 is 11.0. The van der Waals surface area contributed by atoms with Crippen molar-refractivity contribution >= 4 is 0 Å². The van der Waals surface area contributed by atoms with Crippen molar-refractivity contribution in [3.63, 3.8) is 0 Å². The Morgan fingerprint density at radius 3 is 2.79 bits per heavy atom. The Balaban J connectivity index is 1.79. The summed E-state index contributed by atoms with van der Waals surface area (Å²) in [6.07, 6.45) is -0.423. The molecule has 0 aliphatic carbocycles. The number of morpholine rings is 1. The number of ether oxygens (including phenoxy) is 2. The minimum atomic E-state index is -0.423. The molecule has 1 aromatic rings. The molecule has 0 saturated carbocycles. The zero-order valence-electron chi connectivity index (χ0n) is 11.8. The van der Waals surface area contributed by atoms with Crippen LogP contribution in [0.5, 0.6) is 5.75 Å². The zero-order valence-corrected chi connectivity index (χ0v) is 11.8. The lowest BCUT2D eigenvalue weighted by molar-refractivity contribution is -0.911. The Morgan fingerprint density at radius 1 is 1.32 bits per heavy atom. The van der Waals surface area contributed by atoms with Gasteiger partial charge >= 0.3 is 0 Å². The fraction of sp³-hybridized carbons (Fsp3) is 0.600. The first-order valence-electron chi connectivity index (χ1n) is 6.95. The molecular formula is C15H24NO3+. The Bertz CT molecular complexity index is 402. The van der Waals surface area contributed by atoms with Crippen LogP contribution >= 0.6 is 0 Å². The molecule has 1 atom stereocenters. The number of quaternary nitrogens is 1. The van der Waals surface area contributed by atoms with Crippen LogP contribution in [-0.2, 0) is 4.74 Å². The maximum atomic E-state index is 10.0. The molecule has 0 unspecified atom stereocenters. The second kappa shape index (κ2) is 6.89. The lowest BCUT2D eigenvalue weighted by Crippen LogP contribution is -3.15. The molecule has 1 saturated heterocycles. The van der Waals surface area contributed by atoms with Crippen LogP contribution in [0.25, 0.3) is 0 Å². The molecule has 0 radical (unpaired) electrons. The lowest BCUT2D eigenvalue weighted by Gasteiger charge is -2.25. The average Bonchev–Trinajstić information content (AvgIpc) is 2.42. The highest BCUT2D eigenvalue weighted by atomic mass is 16.5. The third kappa shape index (κ3) is 4.20. The predicted molar refractivity (Wildman–Crippen MR) is 73.8 cm³/mol. The number of hydrogen-bond acceptors (Lipinski definition) is 3. The van der Waals surface area contributed by atoms with E-state index < -0.39 is 6.10 Å². The van der Waals surface area contributed by atoms with Gasteiger partial charge in [0.05, 0.1) is 13.2 Å². The first-order valence-corrected chi connectivity index (χ1v) is 6.95. The summed E-state index contributed by atoms with van der Waals surface area (Å²) >= 11 is 0. The third-order valence-corrected chi connectivity index (χ3v) is 3.71. The summed E-state index contributed by atoms with van der Waals surface area (Å²) in [5.41, 5.74) is 2.36. The van der Waals surface area contributed by atoms with E-state index in [9.17, 15) is 5.11 Å². The number of hydrogen-bond donors (Lipinski definition) is 2. The first kappa shape index (κ1) is 14.3. The molecule has 0 aromatic heterocycles. The monoisotopic (exact) mass is 266 g/mol. The molecule has 4 heteroatoms. The minimum absolute atomic E-state index is 0.356. The molecule has 106 valence electrons. The number of aliphatic hydroxyl groups excluding tert-OH is 1. The molecule has 1 fully saturated rings. The van der Waals surface area contributed by atoms with Crippen LogP contribution in [0.4, 0.5) is 0 Å². The first-order chi connectivity index (χ1) is 9.16. The maximum Gasteiger partial charge on any atom is 0.137 e. The number of rotatable bonds is 5. The quantitative estimate of drug-likeness (QED) is 0.786. The van der Waals surface area contributed by atoms with E-state index in [0.717, 1.165) is 44.2 Å². The Kier molecular flexibility index (Phi) is 5.19. The van der Waals surface area contributed by atoms with Crippen molar-refractivity contribution in [2.24, 2.45) is 0 Å². The molecule has 4 nitrogen and oxygen atoms in total. The van der Waals surface area contributed by atoms with Gasteiger partial charge < -0.3 is 19.5 Å². The van der Waals surface area contributed by atoms with Gasteiger partial charge in [-0.25, -0.2) is 0 Å². The van der Waals surface area contributed by atoms with Gasteiger partial charge in [0.1, 0.15) is 38.1 Å². The summed E-state index contributed by atoms with van der Waals surface area (Å²) in [6, 6.07) is 6.00. The normalized spacial score (nSPS) is 18.3. The largest absolute Gasteiger partial charge is 0.490 e. The van der Waals surface area contributed by atoms with Gasteiger partial charge in [0.25, 0.3) is 0 Å². The Labute approximate surface area is 114 Å². The van der Waals surface area contributed by atoms with Crippen LogP contribution < -0.4 is 9.64 Å². The molecule has 0 amide bonds. The molecule has 19 heavy (non-hydrogen) atoms. The Hall–Kier alpha value is -1.10. The van der Waals surface area contributed by atoms with Crippen molar-refractivity contribution in [1.82, 2.24) is 0 Å². The second-order valence-electron chi connectivity index (χ2n) is 5.23. The fourth-order valence-corrected chi connectivity index (χ4v) is 2.32. The van der Waals surface area contributed by atoms with Crippen LogP contribution in [0.1, 0.15) is 11.1 Å². The van der Waals surface area contributed by atoms with Crippen LogP contribution in [0.15, 0.2) is 18.2 Å². The summed E-state index contributed by atoms with van der Waals surface area (Å²) in [5.74, 6) is 0.871. The summed E-state index contributed by atoms with van der Waals surface area (Å²) in [7, 11) is 0. The van der Waals surface area contributed by atoms with Gasteiger partial charge in [0, 0.05) is 0 Å². The van der Waals surface area contributed by atoms with E-state index in [-0.39, 0.29) is 0 Å². The number of benzene rings is 1. The van der Waals surface area contributed by atoms with Crippen molar-refractivity contribution in [2.45, 2.75) is 20.0 Å². The standard InChI is InChI=1S/C15H23NO3/c1-12-4-3-5-15(13(12)2)19-11-14(17)10-16-6-8-18-9-7-16/h3-5,14,17H,6-11H2,1-2H3/p+1/t14-/m0/s1. The fourth-order valence-electron chi connectivity index (χ4n) is 2.32. The highest BCUT2D eigenvalue weighted by molar-refractivity contribution is 5.38. The molecule has 1 aliphatic heterocycles. The van der Waals surface area contributed by atoms with E-state index in [1.54, 1.807) is 0 Å². The predicted octanol–water partition coefficient (Wildman–Crippen LogP) is -0.0418. The molecule has 1 aliphatic rings. The Morgan fingerprint density at radius 2 is 2.05 bits per heavy atom. The van der Waals surface area contributed by atoms with Crippen LogP contribution in [0.2, 0.25) is 0 Å². The van der Waals surface area contributed by atoms with Crippen LogP contribution in [0, 0.1) is 13.8 Å². The van der Waals surface area contributed by atoms with E-state index in [2.05, 4.69) is 13.0 Å². The molecule has 2 N–H and O–H groups in total. The maximum absolute atomic E-state index is 10.0. The SMILES string of the molecule is Cc1cccc(OC[C@@H](O)C[NH+]2CCOCC2)c1C. The summed E-state index contributed by atoms with van der Waals surface area (Å²) in [6.45, 7) is 8.73. The van der Waals surface area contributed by atoms with Gasteiger partial charge in [-0.3, -0.25) is 0 Å². The van der Waals surface area contributed by atoms with Crippen molar-refractivity contribution in [2.75, 3.05) is 39.5 Å². The molecule has 0 spiro atoms. The van der Waals surface area contributed by atoms with Gasteiger partial charge in [-0.1, -0.05) is 12.1 Å². The van der Waals surface area contributed by atoms with Gasteiger partial charge in [0.2, 0.25) is 0 Å². The summed E-state index contributed by atoms with van der Waals surface area (Å²) in [4.78, 5) is 1.39. The second-order valence-corrected chi connectivity index (χ2v) is 5.23. The molecule has 0 bridgehead atoms. The van der Waals surface area contributed by atoms with E-state index in [0.29, 0.717) is 6.61 Å². The van der Waals surface area contributed by atoms with Gasteiger partial charge in [-0.15, -0.1) is 0 Å². The number of aliphatic hydroxyl groups is 1. The smallest absolute Gasteiger partial charge is 0.137 e. The van der Waals surface area contributed by atoms with Gasteiger partial charge in [-0.2, -0.15) is 0 Å². The van der Waals surface area contributed by atoms with Gasteiger partial charge in [-0.05, 0) is 31.0 Å². The molecule has 1 heterocycles. The number of nitrogens with one attached hydrogen (secondary N) is 1. The van der Waals surface area contributed by atoms with E-state index in [1.807, 2.05) is 19.1 Å². The highest BCUT2D eigenvalue weighted by Crippen LogP contribution is 2.20. The van der Waals surface area contributed by atoms with Crippen LogP contribution in [0.3, 0.4) is 0 Å².